The van der Waals surface area contributed by atoms with Crippen LogP contribution in [-0.2, 0) is 37.8 Å². The summed E-state index contributed by atoms with van der Waals surface area (Å²) >= 11 is 0. The second kappa shape index (κ2) is 8.93. The molecule has 2 aromatic carbocycles. The molecule has 3 rings (SSSR count). The van der Waals surface area contributed by atoms with Crippen molar-refractivity contribution in [1.82, 2.24) is 4.31 Å². The van der Waals surface area contributed by atoms with E-state index in [9.17, 15) is 26.0 Å². The van der Waals surface area contributed by atoms with Crippen LogP contribution >= 0.6 is 0 Å². The van der Waals surface area contributed by atoms with E-state index >= 15 is 0 Å². The maximum Gasteiger partial charge on any atom is 0.261 e. The van der Waals surface area contributed by atoms with Crippen molar-refractivity contribution in [2.45, 2.75) is 38.1 Å². The summed E-state index contributed by atoms with van der Waals surface area (Å²) < 4.78 is 68.1. The summed E-state index contributed by atoms with van der Waals surface area (Å²) in [4.78, 5) is 10.8. The van der Waals surface area contributed by atoms with E-state index in [0.717, 1.165) is 17.2 Å². The van der Waals surface area contributed by atoms with Crippen molar-refractivity contribution >= 4 is 37.3 Å². The molecule has 0 atom stereocenters. The summed E-state index contributed by atoms with van der Waals surface area (Å²) in [6, 6.07) is 8.14. The van der Waals surface area contributed by atoms with Crippen molar-refractivity contribution < 1.29 is 26.0 Å². The molecule has 2 aromatic rings. The lowest BCUT2D eigenvalue weighted by molar-refractivity contribution is -0.114. The van der Waals surface area contributed by atoms with Gasteiger partial charge in [0.05, 0.1) is 16.3 Å². The summed E-state index contributed by atoms with van der Waals surface area (Å²) in [5.41, 5.74) is 1.81. The van der Waals surface area contributed by atoms with Crippen molar-refractivity contribution in [2.75, 3.05) is 22.3 Å². The van der Waals surface area contributed by atoms with E-state index in [-0.39, 0.29) is 28.6 Å². The number of sulfonamides is 2. The van der Waals surface area contributed by atoms with E-state index in [1.54, 1.807) is 25.1 Å². The van der Waals surface area contributed by atoms with Gasteiger partial charge in [-0.25, -0.2) is 21.2 Å². The molecule has 0 saturated carbocycles. The van der Waals surface area contributed by atoms with Crippen LogP contribution in [0.4, 0.5) is 15.8 Å². The molecule has 1 aliphatic rings. The first-order valence-electron chi connectivity index (χ1n) is 9.71. The Morgan fingerprint density at radius 3 is 2.48 bits per heavy atom. The van der Waals surface area contributed by atoms with Crippen LogP contribution < -0.4 is 10.0 Å². The van der Waals surface area contributed by atoms with Gasteiger partial charge in [-0.3, -0.25) is 9.52 Å². The molecule has 31 heavy (non-hydrogen) atoms. The van der Waals surface area contributed by atoms with Crippen molar-refractivity contribution in [3.05, 3.63) is 53.3 Å². The van der Waals surface area contributed by atoms with E-state index in [1.165, 1.54) is 23.4 Å². The number of benzene rings is 2. The van der Waals surface area contributed by atoms with Crippen molar-refractivity contribution in [1.29, 1.82) is 0 Å². The fraction of sp³-hybridized carbons (Fsp3) is 0.350. The van der Waals surface area contributed by atoms with Gasteiger partial charge in [-0.15, -0.1) is 0 Å². The Morgan fingerprint density at radius 1 is 1.10 bits per heavy atom. The van der Waals surface area contributed by atoms with Crippen molar-refractivity contribution in [2.24, 2.45) is 0 Å². The molecule has 0 aromatic heterocycles. The number of nitrogens with one attached hydrogen (secondary N) is 2. The summed E-state index contributed by atoms with van der Waals surface area (Å²) in [6.45, 7) is 3.58. The number of halogens is 1. The molecule has 0 spiro atoms. The van der Waals surface area contributed by atoms with Crippen molar-refractivity contribution in [3.63, 3.8) is 0 Å². The smallest absolute Gasteiger partial charge is 0.261 e. The molecule has 0 radical (unpaired) electrons. The van der Waals surface area contributed by atoms with Gasteiger partial charge in [0.15, 0.2) is 0 Å². The number of carbonyl (C=O) groups is 1. The zero-order valence-corrected chi connectivity index (χ0v) is 18.8. The first-order chi connectivity index (χ1) is 14.5. The van der Waals surface area contributed by atoms with E-state index in [4.69, 9.17) is 0 Å². The molecule has 168 valence electrons. The van der Waals surface area contributed by atoms with Crippen LogP contribution in [0.25, 0.3) is 0 Å². The predicted molar refractivity (Wildman–Crippen MR) is 116 cm³/mol. The first-order valence-corrected chi connectivity index (χ1v) is 12.8. The Morgan fingerprint density at radius 2 is 1.84 bits per heavy atom. The van der Waals surface area contributed by atoms with Crippen LogP contribution in [-0.4, -0.2) is 39.3 Å². The van der Waals surface area contributed by atoms with E-state index in [1.807, 2.05) is 0 Å². The van der Waals surface area contributed by atoms with Crippen molar-refractivity contribution in [3.8, 4) is 0 Å². The number of hydrogen-bond acceptors (Lipinski definition) is 5. The van der Waals surface area contributed by atoms with Crippen LogP contribution in [0.1, 0.15) is 31.4 Å². The third-order valence-electron chi connectivity index (χ3n) is 4.85. The van der Waals surface area contributed by atoms with Gasteiger partial charge in [0, 0.05) is 25.7 Å². The SMILES string of the molecule is CCCS(=O)(=O)N1CCc2ccc(NS(=O)(=O)c3ccc(NC(C)=O)c(F)c3)cc2C1. The number of carbonyl (C=O) groups excluding carboxylic acids is 1. The average Bonchev–Trinajstić information content (AvgIpc) is 2.68. The van der Waals surface area contributed by atoms with Crippen LogP contribution in [0, 0.1) is 5.82 Å². The molecule has 0 saturated heterocycles. The molecule has 11 heteroatoms. The highest BCUT2D eigenvalue weighted by Gasteiger charge is 2.26. The fourth-order valence-corrected chi connectivity index (χ4v) is 5.93. The zero-order chi connectivity index (χ0) is 22.8. The van der Waals surface area contributed by atoms with Crippen LogP contribution in [0.3, 0.4) is 0 Å². The average molecular weight is 470 g/mol. The van der Waals surface area contributed by atoms with Gasteiger partial charge in [-0.2, -0.15) is 4.31 Å². The molecule has 8 nitrogen and oxygen atoms in total. The van der Waals surface area contributed by atoms with Gasteiger partial charge >= 0.3 is 0 Å². The van der Waals surface area contributed by atoms with Gasteiger partial charge in [-0.1, -0.05) is 13.0 Å². The Bertz CT molecular complexity index is 1210. The van der Waals surface area contributed by atoms with Gasteiger partial charge < -0.3 is 5.32 Å². The Kier molecular flexibility index (Phi) is 6.68. The summed E-state index contributed by atoms with van der Waals surface area (Å²) in [5.74, 6) is -1.29. The minimum absolute atomic E-state index is 0.0642. The maximum atomic E-state index is 14.2. The molecule has 0 bridgehead atoms. The minimum atomic E-state index is -4.09. The molecule has 1 aliphatic heterocycles. The molecule has 1 heterocycles. The summed E-state index contributed by atoms with van der Waals surface area (Å²) in [5, 5.41) is 2.28. The summed E-state index contributed by atoms with van der Waals surface area (Å²) in [6.07, 6.45) is 1.06. The van der Waals surface area contributed by atoms with Gasteiger partial charge in [0.25, 0.3) is 10.0 Å². The topological polar surface area (TPSA) is 113 Å². The van der Waals surface area contributed by atoms with Crippen LogP contribution in [0.5, 0.6) is 0 Å². The van der Waals surface area contributed by atoms with Crippen LogP contribution in [0.2, 0.25) is 0 Å². The third-order valence-corrected chi connectivity index (χ3v) is 8.25. The zero-order valence-electron chi connectivity index (χ0n) is 17.2. The lowest BCUT2D eigenvalue weighted by atomic mass is 10.0. The first kappa shape index (κ1) is 23.2. The number of rotatable bonds is 7. The normalized spacial score (nSPS) is 14.7. The molecule has 2 N–H and O–H groups in total. The molecular weight excluding hydrogens is 445 g/mol. The van der Waals surface area contributed by atoms with E-state index in [2.05, 4.69) is 10.0 Å². The molecular formula is C20H24FN3O5S2. The minimum Gasteiger partial charge on any atom is -0.324 e. The number of hydrogen-bond donors (Lipinski definition) is 2. The standard InChI is InChI=1S/C20H24FN3O5S2/c1-3-10-30(26,27)24-9-8-15-4-5-17(11-16(15)13-24)23-31(28,29)18-6-7-20(19(21)12-18)22-14(2)25/h4-7,11-12,23H,3,8-10,13H2,1-2H3,(H,22,25). The lowest BCUT2D eigenvalue weighted by Gasteiger charge is -2.28. The lowest BCUT2D eigenvalue weighted by Crippen LogP contribution is -2.37. The maximum absolute atomic E-state index is 14.2. The number of anilines is 2. The Hall–Kier alpha value is -2.50. The second-order valence-corrected chi connectivity index (χ2v) is 11.1. The largest absolute Gasteiger partial charge is 0.324 e. The number of amides is 1. The third kappa shape index (κ3) is 5.41. The van der Waals surface area contributed by atoms with Crippen LogP contribution in [0.15, 0.2) is 41.3 Å². The number of fused-ring (bicyclic) bond motifs is 1. The second-order valence-electron chi connectivity index (χ2n) is 7.31. The highest BCUT2D eigenvalue weighted by Crippen LogP contribution is 2.27. The highest BCUT2D eigenvalue weighted by atomic mass is 32.2. The Labute approximate surface area is 181 Å². The molecule has 0 aliphatic carbocycles. The van der Waals surface area contributed by atoms with Gasteiger partial charge in [0.1, 0.15) is 5.82 Å². The predicted octanol–water partition coefficient (Wildman–Crippen LogP) is 2.68. The highest BCUT2D eigenvalue weighted by molar-refractivity contribution is 7.92. The molecule has 1 amide bonds. The summed E-state index contributed by atoms with van der Waals surface area (Å²) in [7, 11) is -7.45. The van der Waals surface area contributed by atoms with Gasteiger partial charge in [0.2, 0.25) is 15.9 Å². The van der Waals surface area contributed by atoms with E-state index in [0.29, 0.717) is 19.4 Å². The van der Waals surface area contributed by atoms with E-state index < -0.39 is 31.8 Å². The molecule has 0 fully saturated rings. The number of nitrogens with zero attached hydrogens (tertiary/aromatic N) is 1. The van der Waals surface area contributed by atoms with Gasteiger partial charge in [-0.05, 0) is 54.3 Å². The monoisotopic (exact) mass is 469 g/mol. The Balaban J connectivity index is 1.82. The fourth-order valence-electron chi connectivity index (χ4n) is 3.39. The molecule has 0 unspecified atom stereocenters. The quantitative estimate of drug-likeness (QED) is 0.647.